The Morgan fingerprint density at radius 1 is 1.02 bits per heavy atom. The van der Waals surface area contributed by atoms with Crippen molar-refractivity contribution < 1.29 is 19.4 Å². The SMILES string of the molecule is Bc1ccc([C@@H]2N=C(c3ccc(OC)cc3OCC)N(C(=O)N3CCN(CCO)CC3)[C@@H]2c2ccc(Br)cc2)cc1. The second kappa shape index (κ2) is 13.1. The van der Waals surface area contributed by atoms with Crippen LogP contribution in [0.4, 0.5) is 4.79 Å². The third kappa shape index (κ3) is 6.29. The fourth-order valence-electron chi connectivity index (χ4n) is 5.50. The highest BCUT2D eigenvalue weighted by Gasteiger charge is 2.45. The molecule has 1 saturated heterocycles. The van der Waals surface area contributed by atoms with E-state index in [0.717, 1.165) is 21.2 Å². The lowest BCUT2D eigenvalue weighted by molar-refractivity contribution is 0.108. The molecular formula is C31H36BBrN4O4. The predicted octanol–water partition coefficient (Wildman–Crippen LogP) is 3.39. The molecule has 1 N–H and O–H groups in total. The molecule has 1 fully saturated rings. The number of aliphatic imine (C=N–C) groups is 1. The number of aliphatic hydroxyl groups is 1. The number of rotatable bonds is 8. The number of β-amino-alcohol motifs (C(OH)–C–C–N with tert-alkyl or cyclic N) is 1. The van der Waals surface area contributed by atoms with E-state index in [1.54, 1.807) is 7.11 Å². The van der Waals surface area contributed by atoms with E-state index in [9.17, 15) is 9.90 Å². The zero-order chi connectivity index (χ0) is 28.9. The fraction of sp³-hybridized carbons (Fsp3) is 0.355. The Labute approximate surface area is 251 Å². The predicted molar refractivity (Wildman–Crippen MR) is 167 cm³/mol. The van der Waals surface area contributed by atoms with Crippen molar-refractivity contribution in [1.82, 2.24) is 14.7 Å². The number of urea groups is 1. The summed E-state index contributed by atoms with van der Waals surface area (Å²) in [4.78, 5) is 25.8. The molecule has 0 spiro atoms. The van der Waals surface area contributed by atoms with Gasteiger partial charge in [-0.05, 0) is 42.3 Å². The monoisotopic (exact) mass is 618 g/mol. The number of nitrogens with zero attached hydrogens (tertiary/aromatic N) is 4. The van der Waals surface area contributed by atoms with E-state index in [4.69, 9.17) is 14.5 Å². The van der Waals surface area contributed by atoms with Crippen molar-refractivity contribution in [3.05, 3.63) is 87.9 Å². The van der Waals surface area contributed by atoms with Gasteiger partial charge in [-0.1, -0.05) is 57.8 Å². The van der Waals surface area contributed by atoms with Gasteiger partial charge < -0.3 is 19.5 Å². The van der Waals surface area contributed by atoms with E-state index >= 15 is 0 Å². The third-order valence-electron chi connectivity index (χ3n) is 7.69. The highest BCUT2D eigenvalue weighted by molar-refractivity contribution is 9.10. The van der Waals surface area contributed by atoms with Crippen molar-refractivity contribution in [2.45, 2.75) is 19.0 Å². The minimum atomic E-state index is -0.361. The molecule has 2 atom stereocenters. The molecule has 0 aromatic heterocycles. The first-order valence-electron chi connectivity index (χ1n) is 14.1. The van der Waals surface area contributed by atoms with Crippen LogP contribution in [0.2, 0.25) is 0 Å². The maximum atomic E-state index is 14.6. The molecule has 0 unspecified atom stereocenters. The van der Waals surface area contributed by atoms with Gasteiger partial charge in [-0.2, -0.15) is 0 Å². The molecule has 3 aromatic carbocycles. The highest BCUT2D eigenvalue weighted by atomic mass is 79.9. The van der Waals surface area contributed by atoms with Crippen LogP contribution in [-0.4, -0.2) is 92.6 Å². The summed E-state index contributed by atoms with van der Waals surface area (Å²) >= 11 is 3.57. The molecule has 0 aliphatic carbocycles. The summed E-state index contributed by atoms with van der Waals surface area (Å²) in [6.07, 6.45) is 0. The summed E-state index contributed by atoms with van der Waals surface area (Å²) in [6, 6.07) is 21.4. The number of halogens is 1. The van der Waals surface area contributed by atoms with Crippen molar-refractivity contribution in [3.8, 4) is 11.5 Å². The van der Waals surface area contributed by atoms with Crippen molar-refractivity contribution in [2.75, 3.05) is 53.0 Å². The Balaban J connectivity index is 1.64. The molecule has 2 heterocycles. The van der Waals surface area contributed by atoms with E-state index in [1.807, 2.05) is 47.1 Å². The Morgan fingerprint density at radius 2 is 1.71 bits per heavy atom. The average molecular weight is 619 g/mol. The Kier molecular flexibility index (Phi) is 9.32. The molecule has 0 radical (unpaired) electrons. The summed E-state index contributed by atoms with van der Waals surface area (Å²) in [5.74, 6) is 1.88. The van der Waals surface area contributed by atoms with Crippen LogP contribution in [0, 0.1) is 0 Å². The number of benzene rings is 3. The van der Waals surface area contributed by atoms with Crippen LogP contribution in [0.25, 0.3) is 0 Å². The molecule has 10 heteroatoms. The number of aliphatic hydroxyl groups excluding tert-OH is 1. The summed E-state index contributed by atoms with van der Waals surface area (Å²) < 4.78 is 12.5. The Bertz CT molecular complexity index is 1380. The molecule has 41 heavy (non-hydrogen) atoms. The second-order valence-electron chi connectivity index (χ2n) is 10.3. The number of ether oxygens (including phenoxy) is 2. The van der Waals surface area contributed by atoms with Crippen molar-refractivity contribution in [1.29, 1.82) is 0 Å². The summed E-state index contributed by atoms with van der Waals surface area (Å²) in [5, 5.41) is 9.40. The standard InChI is InChI=1S/C31H36BBrN4O4/c1-3-41-27-20-25(40-2)12-13-26(27)30-34-28(21-4-8-23(32)9-5-21)29(22-6-10-24(33)11-7-22)37(30)31(39)36-16-14-35(15-17-36)18-19-38/h4-13,20,28-29,38H,3,14-19,32H2,1-2H3/t28-,29+/m0/s1. The minimum Gasteiger partial charge on any atom is -0.497 e. The smallest absolute Gasteiger partial charge is 0.326 e. The number of piperazine rings is 1. The summed E-state index contributed by atoms with van der Waals surface area (Å²) in [7, 11) is 3.69. The van der Waals surface area contributed by atoms with E-state index in [2.05, 4.69) is 65.1 Å². The number of methoxy groups -OCH3 is 1. The van der Waals surface area contributed by atoms with E-state index in [0.29, 0.717) is 56.7 Å². The average Bonchev–Trinajstić information content (AvgIpc) is 3.38. The first kappa shape index (κ1) is 29.2. The molecule has 2 aliphatic rings. The van der Waals surface area contributed by atoms with Gasteiger partial charge in [-0.25, -0.2) is 4.79 Å². The van der Waals surface area contributed by atoms with Gasteiger partial charge in [0.2, 0.25) is 0 Å². The normalized spacial score (nSPS) is 19.3. The fourth-order valence-corrected chi connectivity index (χ4v) is 5.77. The molecule has 214 valence electrons. The first-order chi connectivity index (χ1) is 19.9. The lowest BCUT2D eigenvalue weighted by Gasteiger charge is -2.39. The molecular weight excluding hydrogens is 583 g/mol. The van der Waals surface area contributed by atoms with E-state index in [1.165, 1.54) is 5.46 Å². The quantitative estimate of drug-likeness (QED) is 0.392. The number of amidine groups is 1. The lowest BCUT2D eigenvalue weighted by Crippen LogP contribution is -2.54. The van der Waals surface area contributed by atoms with Gasteiger partial charge in [0.25, 0.3) is 0 Å². The minimum absolute atomic E-state index is 0.0896. The molecule has 2 aliphatic heterocycles. The number of hydrogen-bond acceptors (Lipinski definition) is 6. The van der Waals surface area contributed by atoms with Crippen molar-refractivity contribution in [3.63, 3.8) is 0 Å². The Hall–Kier alpha value is -3.34. The van der Waals surface area contributed by atoms with Crippen LogP contribution in [0.5, 0.6) is 11.5 Å². The number of hydrogen-bond donors (Lipinski definition) is 1. The molecule has 0 saturated carbocycles. The first-order valence-corrected chi connectivity index (χ1v) is 14.8. The second-order valence-corrected chi connectivity index (χ2v) is 11.2. The van der Waals surface area contributed by atoms with Crippen LogP contribution in [0.3, 0.4) is 0 Å². The van der Waals surface area contributed by atoms with E-state index < -0.39 is 0 Å². The zero-order valence-electron chi connectivity index (χ0n) is 23.8. The van der Waals surface area contributed by atoms with Gasteiger partial charge in [0.15, 0.2) is 0 Å². The zero-order valence-corrected chi connectivity index (χ0v) is 25.4. The van der Waals surface area contributed by atoms with Gasteiger partial charge in [-0.15, -0.1) is 0 Å². The number of carbonyl (C=O) groups is 1. The van der Waals surface area contributed by atoms with Crippen LogP contribution < -0.4 is 14.9 Å². The Morgan fingerprint density at radius 3 is 2.34 bits per heavy atom. The maximum absolute atomic E-state index is 14.6. The van der Waals surface area contributed by atoms with E-state index in [-0.39, 0.29) is 24.7 Å². The van der Waals surface area contributed by atoms with Gasteiger partial charge in [0.1, 0.15) is 31.2 Å². The van der Waals surface area contributed by atoms with Gasteiger partial charge in [-0.3, -0.25) is 14.8 Å². The van der Waals surface area contributed by atoms with Crippen molar-refractivity contribution in [2.24, 2.45) is 4.99 Å². The van der Waals surface area contributed by atoms with Gasteiger partial charge >= 0.3 is 6.03 Å². The van der Waals surface area contributed by atoms with Crippen LogP contribution in [0.15, 0.2) is 76.2 Å². The van der Waals surface area contributed by atoms with Gasteiger partial charge in [0.05, 0.1) is 31.9 Å². The summed E-state index contributed by atoms with van der Waals surface area (Å²) in [5.41, 5.74) is 3.95. The van der Waals surface area contributed by atoms with Crippen LogP contribution >= 0.6 is 15.9 Å². The maximum Gasteiger partial charge on any atom is 0.326 e. The topological polar surface area (TPSA) is 77.8 Å². The molecule has 8 nitrogen and oxygen atoms in total. The molecule has 3 aromatic rings. The lowest BCUT2D eigenvalue weighted by atomic mass is 9.90. The largest absolute Gasteiger partial charge is 0.497 e. The molecule has 0 bridgehead atoms. The third-order valence-corrected chi connectivity index (χ3v) is 8.22. The molecule has 5 rings (SSSR count). The van der Waals surface area contributed by atoms with Crippen LogP contribution in [-0.2, 0) is 0 Å². The molecule has 2 amide bonds. The van der Waals surface area contributed by atoms with Crippen LogP contribution in [0.1, 0.15) is 35.7 Å². The van der Waals surface area contributed by atoms with Crippen molar-refractivity contribution >= 4 is 41.1 Å². The van der Waals surface area contributed by atoms with Gasteiger partial charge in [0, 0.05) is 43.3 Å². The highest BCUT2D eigenvalue weighted by Crippen LogP contribution is 2.45. The summed E-state index contributed by atoms with van der Waals surface area (Å²) in [6.45, 7) is 5.70. The number of carbonyl (C=O) groups excluding carboxylic acids is 1. The number of amides is 2.